The van der Waals surface area contributed by atoms with Crippen LogP contribution in [0, 0.1) is 5.92 Å². The second-order valence-corrected chi connectivity index (χ2v) is 7.78. The molecule has 0 bridgehead atoms. The lowest BCUT2D eigenvalue weighted by atomic mass is 9.84. The van der Waals surface area contributed by atoms with E-state index in [0.717, 1.165) is 24.8 Å². The van der Waals surface area contributed by atoms with Crippen LogP contribution in [0.2, 0.25) is 5.02 Å². The summed E-state index contributed by atoms with van der Waals surface area (Å²) in [6, 6.07) is 7.19. The smallest absolute Gasteiger partial charge is 0.223 e. The van der Waals surface area contributed by atoms with Crippen LogP contribution < -0.4 is 10.6 Å². The highest BCUT2D eigenvalue weighted by molar-refractivity contribution is 6.31. The molecule has 1 aromatic rings. The van der Waals surface area contributed by atoms with Crippen LogP contribution in [0.3, 0.4) is 0 Å². The fourth-order valence-corrected chi connectivity index (χ4v) is 3.74. The summed E-state index contributed by atoms with van der Waals surface area (Å²) in [6.45, 7) is 0.197. The summed E-state index contributed by atoms with van der Waals surface area (Å²) in [6.07, 6.45) is 3.86. The van der Waals surface area contributed by atoms with Crippen molar-refractivity contribution in [1.29, 1.82) is 0 Å². The van der Waals surface area contributed by atoms with Crippen molar-refractivity contribution in [3.8, 4) is 0 Å². The molecule has 0 unspecified atom stereocenters. The topological polar surface area (TPSA) is 87.7 Å². The van der Waals surface area contributed by atoms with Gasteiger partial charge in [-0.3, -0.25) is 9.59 Å². The van der Waals surface area contributed by atoms with Crippen molar-refractivity contribution in [2.75, 3.05) is 6.61 Å². The number of halogens is 1. The summed E-state index contributed by atoms with van der Waals surface area (Å²) in [5.41, 5.74) is 0.865. The van der Waals surface area contributed by atoms with Gasteiger partial charge in [-0.2, -0.15) is 0 Å². The first kappa shape index (κ1) is 20.1. The van der Waals surface area contributed by atoms with Crippen molar-refractivity contribution in [2.45, 2.75) is 63.3 Å². The minimum absolute atomic E-state index is 0.0595. The summed E-state index contributed by atoms with van der Waals surface area (Å²) >= 11 is 6.09. The van der Waals surface area contributed by atoms with Crippen LogP contribution in [0.5, 0.6) is 0 Å². The van der Waals surface area contributed by atoms with Gasteiger partial charge < -0.3 is 20.5 Å². The molecule has 2 aliphatic rings. The van der Waals surface area contributed by atoms with E-state index in [1.54, 1.807) is 6.07 Å². The second kappa shape index (κ2) is 9.53. The van der Waals surface area contributed by atoms with E-state index < -0.39 is 6.10 Å². The van der Waals surface area contributed by atoms with E-state index in [-0.39, 0.29) is 42.9 Å². The number of carbonyl (C=O) groups is 2. The second-order valence-electron chi connectivity index (χ2n) is 7.37. The summed E-state index contributed by atoms with van der Waals surface area (Å²) < 4.78 is 5.88. The predicted molar refractivity (Wildman–Crippen MR) is 102 cm³/mol. The molecular formula is C20H27ClN2O4. The van der Waals surface area contributed by atoms with Gasteiger partial charge in [-0.05, 0) is 37.3 Å². The molecule has 2 amide bonds. The van der Waals surface area contributed by atoms with E-state index in [1.807, 2.05) is 18.2 Å². The van der Waals surface area contributed by atoms with Crippen LogP contribution in [-0.4, -0.2) is 41.8 Å². The molecule has 0 spiro atoms. The highest BCUT2D eigenvalue weighted by Crippen LogP contribution is 2.28. The summed E-state index contributed by atoms with van der Waals surface area (Å²) in [4.78, 5) is 24.4. The van der Waals surface area contributed by atoms with Crippen molar-refractivity contribution in [3.63, 3.8) is 0 Å². The van der Waals surface area contributed by atoms with Gasteiger partial charge >= 0.3 is 0 Å². The molecule has 148 valence electrons. The van der Waals surface area contributed by atoms with Crippen molar-refractivity contribution < 1.29 is 19.4 Å². The summed E-state index contributed by atoms with van der Waals surface area (Å²) in [5, 5.41) is 16.1. The lowest BCUT2D eigenvalue weighted by molar-refractivity contribution is -0.138. The molecule has 2 fully saturated rings. The minimum Gasteiger partial charge on any atom is -0.394 e. The van der Waals surface area contributed by atoms with E-state index in [0.29, 0.717) is 24.4 Å². The number of rotatable bonds is 7. The molecule has 1 aliphatic carbocycles. The van der Waals surface area contributed by atoms with Crippen molar-refractivity contribution in [3.05, 3.63) is 34.9 Å². The Morgan fingerprint density at radius 2 is 1.96 bits per heavy atom. The molecule has 1 saturated carbocycles. The Balaban J connectivity index is 1.44. The first-order valence-electron chi connectivity index (χ1n) is 9.63. The SMILES string of the molecule is O=C(C[C@H]1CC[C@@H](NC(=O)C2CCC2)[C@@H](CO)O1)NCc1ccccc1Cl. The standard InChI is InChI=1S/C20H27ClN2O4/c21-16-7-2-1-4-14(16)11-22-19(25)10-15-8-9-17(18(12-24)27-15)23-20(26)13-5-3-6-13/h1-2,4,7,13,15,17-18,24H,3,5-6,8-12H2,(H,22,25)(H,23,26)/t15-,17-,18-/m1/s1. The van der Waals surface area contributed by atoms with E-state index in [1.165, 1.54) is 0 Å². The van der Waals surface area contributed by atoms with Crippen LogP contribution in [0.15, 0.2) is 24.3 Å². The number of hydrogen-bond donors (Lipinski definition) is 3. The average molecular weight is 395 g/mol. The zero-order valence-corrected chi connectivity index (χ0v) is 16.1. The third-order valence-electron chi connectivity index (χ3n) is 5.45. The number of aliphatic hydroxyl groups is 1. The lowest BCUT2D eigenvalue weighted by Gasteiger charge is -2.37. The first-order chi connectivity index (χ1) is 13.1. The Hall–Kier alpha value is -1.63. The molecule has 1 aliphatic heterocycles. The van der Waals surface area contributed by atoms with Gasteiger partial charge in [0.15, 0.2) is 0 Å². The molecule has 1 saturated heterocycles. The molecule has 1 heterocycles. The van der Waals surface area contributed by atoms with Crippen LogP contribution in [-0.2, 0) is 20.9 Å². The maximum atomic E-state index is 12.2. The van der Waals surface area contributed by atoms with Gasteiger partial charge in [0.2, 0.25) is 11.8 Å². The van der Waals surface area contributed by atoms with E-state index in [2.05, 4.69) is 10.6 Å². The zero-order chi connectivity index (χ0) is 19.2. The first-order valence-corrected chi connectivity index (χ1v) is 10.0. The highest BCUT2D eigenvalue weighted by Gasteiger charge is 2.35. The molecule has 6 nitrogen and oxygen atoms in total. The average Bonchev–Trinajstić information content (AvgIpc) is 2.60. The Kier molecular flexibility index (Phi) is 7.10. The predicted octanol–water partition coefficient (Wildman–Crippen LogP) is 2.17. The number of hydrogen-bond acceptors (Lipinski definition) is 4. The van der Waals surface area contributed by atoms with Crippen LogP contribution in [0.4, 0.5) is 0 Å². The van der Waals surface area contributed by atoms with Crippen molar-refractivity contribution in [2.24, 2.45) is 5.92 Å². The zero-order valence-electron chi connectivity index (χ0n) is 15.3. The number of nitrogens with one attached hydrogen (secondary N) is 2. The van der Waals surface area contributed by atoms with Crippen molar-refractivity contribution in [1.82, 2.24) is 10.6 Å². The molecule has 0 radical (unpaired) electrons. The number of amides is 2. The molecule has 3 atom stereocenters. The summed E-state index contributed by atoms with van der Waals surface area (Å²) in [5.74, 6) is 0.0513. The van der Waals surface area contributed by atoms with E-state index >= 15 is 0 Å². The highest BCUT2D eigenvalue weighted by atomic mass is 35.5. The van der Waals surface area contributed by atoms with E-state index in [4.69, 9.17) is 16.3 Å². The van der Waals surface area contributed by atoms with Gasteiger partial charge in [0.1, 0.15) is 6.10 Å². The minimum atomic E-state index is -0.468. The molecule has 1 aromatic carbocycles. The number of benzene rings is 1. The number of aliphatic hydroxyl groups excluding tert-OH is 1. The Morgan fingerprint density at radius 3 is 2.63 bits per heavy atom. The molecule has 3 N–H and O–H groups in total. The molecule has 27 heavy (non-hydrogen) atoms. The fraction of sp³-hybridized carbons (Fsp3) is 0.600. The largest absolute Gasteiger partial charge is 0.394 e. The number of ether oxygens (including phenoxy) is 1. The third kappa shape index (κ3) is 5.43. The van der Waals surface area contributed by atoms with E-state index in [9.17, 15) is 14.7 Å². The molecule has 3 rings (SSSR count). The Labute approximate surface area is 164 Å². The quantitative estimate of drug-likeness (QED) is 0.661. The fourth-order valence-electron chi connectivity index (χ4n) is 3.53. The molecule has 7 heteroatoms. The molecule has 0 aromatic heterocycles. The Bertz CT molecular complexity index is 665. The van der Waals surface area contributed by atoms with Gasteiger partial charge in [0, 0.05) is 17.5 Å². The lowest BCUT2D eigenvalue weighted by Crippen LogP contribution is -2.53. The monoisotopic (exact) mass is 394 g/mol. The maximum absolute atomic E-state index is 12.2. The molecular weight excluding hydrogens is 368 g/mol. The maximum Gasteiger partial charge on any atom is 0.223 e. The van der Waals surface area contributed by atoms with Gasteiger partial charge in [0.25, 0.3) is 0 Å². The van der Waals surface area contributed by atoms with Crippen molar-refractivity contribution >= 4 is 23.4 Å². The van der Waals surface area contributed by atoms with Gasteiger partial charge in [-0.15, -0.1) is 0 Å². The van der Waals surface area contributed by atoms with Crippen LogP contribution >= 0.6 is 11.6 Å². The van der Waals surface area contributed by atoms with Gasteiger partial charge in [0.05, 0.1) is 25.2 Å². The third-order valence-corrected chi connectivity index (χ3v) is 5.81. The Morgan fingerprint density at radius 1 is 1.19 bits per heavy atom. The normalized spacial score (nSPS) is 25.5. The van der Waals surface area contributed by atoms with Gasteiger partial charge in [-0.1, -0.05) is 36.2 Å². The van der Waals surface area contributed by atoms with Gasteiger partial charge in [-0.25, -0.2) is 0 Å². The summed E-state index contributed by atoms with van der Waals surface area (Å²) in [7, 11) is 0. The van der Waals surface area contributed by atoms with Crippen LogP contribution in [0.25, 0.3) is 0 Å². The number of carbonyl (C=O) groups excluding carboxylic acids is 2. The van der Waals surface area contributed by atoms with Crippen LogP contribution in [0.1, 0.15) is 44.1 Å².